The van der Waals surface area contributed by atoms with Crippen molar-refractivity contribution in [3.05, 3.63) is 41.7 Å². The van der Waals surface area contributed by atoms with Gasteiger partial charge in [-0.3, -0.25) is 5.01 Å². The van der Waals surface area contributed by atoms with E-state index < -0.39 is 0 Å². The second-order valence-electron chi connectivity index (χ2n) is 5.09. The number of nitrogens with one attached hydrogen (secondary N) is 2. The number of nitrogens with zero attached hydrogens (tertiary/aromatic N) is 1. The van der Waals surface area contributed by atoms with Crippen molar-refractivity contribution < 1.29 is 0 Å². The first-order valence-electron chi connectivity index (χ1n) is 6.20. The van der Waals surface area contributed by atoms with E-state index in [0.29, 0.717) is 11.8 Å². The second kappa shape index (κ2) is 4.80. The summed E-state index contributed by atoms with van der Waals surface area (Å²) in [6.07, 6.45) is 2.11. The Hall–Kier alpha value is -1.48. The van der Waals surface area contributed by atoms with Crippen LogP contribution in [0.1, 0.15) is 39.2 Å². The summed E-state index contributed by atoms with van der Waals surface area (Å²) in [7, 11) is 0. The van der Waals surface area contributed by atoms with Crippen LogP contribution in [0.25, 0.3) is 0 Å². The summed E-state index contributed by atoms with van der Waals surface area (Å²) in [5.41, 5.74) is 10.0. The molecule has 1 aliphatic rings. The molecule has 0 aliphatic carbocycles. The summed E-state index contributed by atoms with van der Waals surface area (Å²) in [5, 5.41) is 2.01. The molecule has 0 aromatic heterocycles. The molecule has 92 valence electrons. The van der Waals surface area contributed by atoms with Crippen LogP contribution < -0.4 is 16.0 Å². The third kappa shape index (κ3) is 2.61. The van der Waals surface area contributed by atoms with Gasteiger partial charge in [0.05, 0.1) is 5.69 Å². The van der Waals surface area contributed by atoms with Crippen LogP contribution in [0.3, 0.4) is 0 Å². The fraction of sp³-hybridized carbons (Fsp3) is 0.429. The minimum absolute atomic E-state index is 0.502. The van der Waals surface area contributed by atoms with Crippen molar-refractivity contribution in [2.45, 2.75) is 33.6 Å². The van der Waals surface area contributed by atoms with Gasteiger partial charge >= 0.3 is 0 Å². The minimum Gasteiger partial charge on any atom is -0.306 e. The summed E-state index contributed by atoms with van der Waals surface area (Å²) in [6.45, 7) is 8.76. The van der Waals surface area contributed by atoms with Crippen LogP contribution in [0.5, 0.6) is 0 Å². The number of hydrazine groups is 2. The van der Waals surface area contributed by atoms with Gasteiger partial charge in [-0.25, -0.2) is 0 Å². The van der Waals surface area contributed by atoms with Crippen molar-refractivity contribution >= 4 is 5.69 Å². The van der Waals surface area contributed by atoms with Crippen molar-refractivity contribution in [1.82, 2.24) is 11.0 Å². The lowest BCUT2D eigenvalue weighted by atomic mass is 10.0. The molecule has 0 fully saturated rings. The maximum absolute atomic E-state index is 3.18. The largest absolute Gasteiger partial charge is 0.306 e. The van der Waals surface area contributed by atoms with Gasteiger partial charge in [-0.05, 0) is 29.5 Å². The van der Waals surface area contributed by atoms with Gasteiger partial charge in [0.1, 0.15) is 0 Å². The molecule has 0 saturated carbocycles. The molecule has 0 unspecified atom stereocenters. The summed E-state index contributed by atoms with van der Waals surface area (Å²) in [4.78, 5) is 0. The Labute approximate surface area is 103 Å². The zero-order chi connectivity index (χ0) is 12.4. The lowest BCUT2D eigenvalue weighted by Gasteiger charge is -2.16. The average molecular weight is 231 g/mol. The molecule has 0 spiro atoms. The van der Waals surface area contributed by atoms with E-state index in [0.717, 1.165) is 5.69 Å². The molecule has 0 bridgehead atoms. The van der Waals surface area contributed by atoms with Crippen molar-refractivity contribution in [1.29, 1.82) is 0 Å². The van der Waals surface area contributed by atoms with E-state index in [2.05, 4.69) is 69.1 Å². The molecule has 1 aliphatic heterocycles. The van der Waals surface area contributed by atoms with E-state index in [1.807, 2.05) is 5.01 Å². The standard InChI is InChI=1S/C14H21N3/c1-10(2)12-5-7-13(8-6-12)17-9-14(11(3)4)15-16-17/h5-11,15-16H,1-4H3. The Morgan fingerprint density at radius 2 is 1.59 bits per heavy atom. The van der Waals surface area contributed by atoms with E-state index >= 15 is 0 Å². The molecule has 3 heteroatoms. The summed E-state index contributed by atoms with van der Waals surface area (Å²) in [6, 6.07) is 8.65. The van der Waals surface area contributed by atoms with Gasteiger partial charge in [0.15, 0.2) is 0 Å². The normalized spacial score (nSPS) is 15.4. The van der Waals surface area contributed by atoms with Crippen LogP contribution in [0.2, 0.25) is 0 Å². The molecule has 0 amide bonds. The van der Waals surface area contributed by atoms with E-state index in [4.69, 9.17) is 0 Å². The van der Waals surface area contributed by atoms with Gasteiger partial charge in [-0.15, -0.1) is 5.53 Å². The first-order chi connectivity index (χ1) is 8.08. The van der Waals surface area contributed by atoms with Gasteiger partial charge in [-0.2, -0.15) is 0 Å². The van der Waals surface area contributed by atoms with Crippen LogP contribution in [0, 0.1) is 5.92 Å². The third-order valence-corrected chi connectivity index (χ3v) is 3.05. The van der Waals surface area contributed by atoms with Crippen LogP contribution >= 0.6 is 0 Å². The number of hydrogen-bond acceptors (Lipinski definition) is 3. The van der Waals surface area contributed by atoms with Crippen molar-refractivity contribution in [2.75, 3.05) is 5.01 Å². The molecule has 2 rings (SSSR count). The number of allylic oxidation sites excluding steroid dienone is 1. The van der Waals surface area contributed by atoms with Gasteiger partial charge in [-0.1, -0.05) is 39.8 Å². The monoisotopic (exact) mass is 231 g/mol. The molecular formula is C14H21N3. The zero-order valence-electron chi connectivity index (χ0n) is 11.0. The molecule has 0 saturated heterocycles. The van der Waals surface area contributed by atoms with Crippen molar-refractivity contribution in [3.8, 4) is 0 Å². The fourth-order valence-corrected chi connectivity index (χ4v) is 1.78. The Balaban J connectivity index is 2.14. The topological polar surface area (TPSA) is 27.3 Å². The SMILES string of the molecule is CC(C)C1=CN(c2ccc(C(C)C)cc2)NN1. The highest BCUT2D eigenvalue weighted by Gasteiger charge is 2.14. The highest BCUT2D eigenvalue weighted by molar-refractivity contribution is 5.50. The summed E-state index contributed by atoms with van der Waals surface area (Å²) < 4.78 is 0. The average Bonchev–Trinajstić information content (AvgIpc) is 2.78. The van der Waals surface area contributed by atoms with E-state index in [1.54, 1.807) is 0 Å². The van der Waals surface area contributed by atoms with Crippen LogP contribution in [-0.4, -0.2) is 0 Å². The number of anilines is 1. The van der Waals surface area contributed by atoms with Crippen molar-refractivity contribution in [3.63, 3.8) is 0 Å². The maximum atomic E-state index is 3.18. The van der Waals surface area contributed by atoms with Gasteiger partial charge < -0.3 is 5.43 Å². The lowest BCUT2D eigenvalue weighted by molar-refractivity contribution is 0.600. The Bertz CT molecular complexity index is 404. The molecule has 3 nitrogen and oxygen atoms in total. The van der Waals surface area contributed by atoms with Crippen molar-refractivity contribution in [2.24, 2.45) is 5.92 Å². The highest BCUT2D eigenvalue weighted by atomic mass is 15.7. The first-order valence-corrected chi connectivity index (χ1v) is 6.20. The molecule has 17 heavy (non-hydrogen) atoms. The molecular weight excluding hydrogens is 210 g/mol. The van der Waals surface area contributed by atoms with Crippen LogP contribution in [0.15, 0.2) is 36.2 Å². The number of hydrogen-bond donors (Lipinski definition) is 2. The molecule has 2 N–H and O–H groups in total. The third-order valence-electron chi connectivity index (χ3n) is 3.05. The minimum atomic E-state index is 0.502. The lowest BCUT2D eigenvalue weighted by Crippen LogP contribution is -2.36. The predicted octanol–water partition coefficient (Wildman–Crippen LogP) is 3.14. The molecule has 0 atom stereocenters. The van der Waals surface area contributed by atoms with Crippen LogP contribution in [-0.2, 0) is 0 Å². The Morgan fingerprint density at radius 3 is 2.06 bits per heavy atom. The van der Waals surface area contributed by atoms with Gasteiger partial charge in [0, 0.05) is 11.9 Å². The smallest absolute Gasteiger partial charge is 0.0589 e. The second-order valence-corrected chi connectivity index (χ2v) is 5.09. The Kier molecular flexibility index (Phi) is 3.38. The van der Waals surface area contributed by atoms with E-state index in [1.165, 1.54) is 11.3 Å². The van der Waals surface area contributed by atoms with Gasteiger partial charge in [0.25, 0.3) is 0 Å². The summed E-state index contributed by atoms with van der Waals surface area (Å²) in [5.74, 6) is 1.08. The number of benzene rings is 1. The predicted molar refractivity (Wildman–Crippen MR) is 72.2 cm³/mol. The molecule has 0 radical (unpaired) electrons. The molecule has 1 aromatic carbocycles. The first kappa shape index (κ1) is 12.0. The van der Waals surface area contributed by atoms with E-state index in [9.17, 15) is 0 Å². The fourth-order valence-electron chi connectivity index (χ4n) is 1.78. The maximum Gasteiger partial charge on any atom is 0.0589 e. The van der Waals surface area contributed by atoms with E-state index in [-0.39, 0.29) is 0 Å². The number of rotatable bonds is 3. The molecule has 1 heterocycles. The quantitative estimate of drug-likeness (QED) is 0.837. The Morgan fingerprint density at radius 1 is 0.941 bits per heavy atom. The van der Waals surface area contributed by atoms with Gasteiger partial charge in [0.2, 0.25) is 0 Å². The summed E-state index contributed by atoms with van der Waals surface area (Å²) >= 11 is 0. The van der Waals surface area contributed by atoms with Crippen LogP contribution in [0.4, 0.5) is 5.69 Å². The zero-order valence-corrected chi connectivity index (χ0v) is 11.0. The molecule has 1 aromatic rings. The highest BCUT2D eigenvalue weighted by Crippen LogP contribution is 2.21.